The van der Waals surface area contributed by atoms with Crippen molar-refractivity contribution in [2.75, 3.05) is 19.8 Å². The summed E-state index contributed by atoms with van der Waals surface area (Å²) in [6.07, 6.45) is 0.827. The van der Waals surface area contributed by atoms with Crippen LogP contribution in [0.5, 0.6) is 0 Å². The van der Waals surface area contributed by atoms with E-state index in [0.717, 1.165) is 6.61 Å². The molecule has 3 heterocycles. The van der Waals surface area contributed by atoms with Crippen LogP contribution in [-0.4, -0.2) is 43.9 Å². The molecule has 0 spiro atoms. The number of epoxide rings is 1. The highest BCUT2D eigenvalue weighted by Gasteiger charge is 2.53. The Bertz CT molecular complexity index is 240. The van der Waals surface area contributed by atoms with Gasteiger partial charge in [-0.3, -0.25) is 0 Å². The molecule has 4 nitrogen and oxygen atoms in total. The summed E-state index contributed by atoms with van der Waals surface area (Å²) >= 11 is 0. The van der Waals surface area contributed by atoms with E-state index in [4.69, 9.17) is 18.9 Å². The van der Waals surface area contributed by atoms with Crippen LogP contribution in [0.4, 0.5) is 0 Å². The average Bonchev–Trinajstić information content (AvgIpc) is 2.89. The van der Waals surface area contributed by atoms with Gasteiger partial charge in [0.2, 0.25) is 0 Å². The summed E-state index contributed by atoms with van der Waals surface area (Å²) in [6.45, 7) is 5.89. The molecule has 3 rings (SSSR count). The van der Waals surface area contributed by atoms with E-state index in [1.54, 1.807) is 0 Å². The van der Waals surface area contributed by atoms with Gasteiger partial charge in [-0.15, -0.1) is 0 Å². The van der Waals surface area contributed by atoms with Crippen molar-refractivity contribution in [2.24, 2.45) is 5.92 Å². The third-order valence-corrected chi connectivity index (χ3v) is 3.21. The molecule has 14 heavy (non-hydrogen) atoms. The molecule has 0 aromatic carbocycles. The van der Waals surface area contributed by atoms with Gasteiger partial charge in [-0.25, -0.2) is 0 Å². The van der Waals surface area contributed by atoms with Crippen LogP contribution in [0.1, 0.15) is 13.8 Å². The zero-order valence-electron chi connectivity index (χ0n) is 8.56. The molecule has 4 atom stereocenters. The third-order valence-electron chi connectivity index (χ3n) is 3.21. The van der Waals surface area contributed by atoms with Gasteiger partial charge in [0.25, 0.3) is 0 Å². The Labute approximate surface area is 83.5 Å². The zero-order chi connectivity index (χ0) is 9.76. The molecule has 80 valence electrons. The third kappa shape index (κ3) is 1.46. The summed E-state index contributed by atoms with van der Waals surface area (Å²) in [6, 6.07) is 0. The molecule has 0 amide bonds. The monoisotopic (exact) mass is 200 g/mol. The van der Waals surface area contributed by atoms with Crippen LogP contribution in [0.3, 0.4) is 0 Å². The first-order valence-electron chi connectivity index (χ1n) is 5.21. The van der Waals surface area contributed by atoms with E-state index in [2.05, 4.69) is 0 Å². The van der Waals surface area contributed by atoms with Crippen LogP contribution in [0.15, 0.2) is 0 Å². The Hall–Kier alpha value is -0.160. The number of hydrogen-bond donors (Lipinski definition) is 0. The van der Waals surface area contributed by atoms with Gasteiger partial charge in [0.1, 0.15) is 6.10 Å². The first kappa shape index (κ1) is 9.09. The highest BCUT2D eigenvalue weighted by Crippen LogP contribution is 2.39. The van der Waals surface area contributed by atoms with Crippen molar-refractivity contribution in [1.29, 1.82) is 0 Å². The Morgan fingerprint density at radius 3 is 2.64 bits per heavy atom. The lowest BCUT2D eigenvalue weighted by atomic mass is 9.95. The molecular formula is C10H16O4. The molecule has 0 aliphatic carbocycles. The molecule has 4 heteroatoms. The van der Waals surface area contributed by atoms with Gasteiger partial charge in [-0.05, 0) is 13.8 Å². The molecule has 3 aliphatic rings. The molecule has 3 saturated heterocycles. The van der Waals surface area contributed by atoms with E-state index in [1.165, 1.54) is 0 Å². The van der Waals surface area contributed by atoms with Gasteiger partial charge >= 0.3 is 0 Å². The quantitative estimate of drug-likeness (QED) is 0.535. The van der Waals surface area contributed by atoms with E-state index in [9.17, 15) is 0 Å². The molecular weight excluding hydrogens is 184 g/mol. The summed E-state index contributed by atoms with van der Waals surface area (Å²) in [5, 5.41) is 0. The summed E-state index contributed by atoms with van der Waals surface area (Å²) in [5.41, 5.74) is 0. The van der Waals surface area contributed by atoms with E-state index >= 15 is 0 Å². The molecule has 0 aromatic rings. The molecule has 3 aliphatic heterocycles. The van der Waals surface area contributed by atoms with Crippen molar-refractivity contribution in [3.05, 3.63) is 0 Å². The predicted octanol–water partition coefficient (Wildman–Crippen LogP) is 0.552. The van der Waals surface area contributed by atoms with E-state index in [-0.39, 0.29) is 6.10 Å². The topological polar surface area (TPSA) is 40.2 Å². The van der Waals surface area contributed by atoms with Crippen LogP contribution in [-0.2, 0) is 18.9 Å². The van der Waals surface area contributed by atoms with Gasteiger partial charge in [0.05, 0.1) is 32.0 Å². The molecule has 0 saturated carbocycles. The van der Waals surface area contributed by atoms with Crippen molar-refractivity contribution in [3.63, 3.8) is 0 Å². The fourth-order valence-electron chi connectivity index (χ4n) is 2.22. The second-order valence-corrected chi connectivity index (χ2v) is 4.70. The maximum atomic E-state index is 5.68. The first-order valence-corrected chi connectivity index (χ1v) is 5.21. The minimum atomic E-state index is -0.481. The minimum absolute atomic E-state index is 0.153. The molecule has 0 N–H and O–H groups in total. The summed E-state index contributed by atoms with van der Waals surface area (Å²) in [4.78, 5) is 0. The lowest BCUT2D eigenvalue weighted by Crippen LogP contribution is -2.39. The zero-order valence-corrected chi connectivity index (χ0v) is 8.56. The van der Waals surface area contributed by atoms with Crippen LogP contribution in [0.25, 0.3) is 0 Å². The lowest BCUT2D eigenvalue weighted by Gasteiger charge is -2.25. The lowest BCUT2D eigenvalue weighted by molar-refractivity contribution is -0.205. The van der Waals surface area contributed by atoms with Crippen LogP contribution in [0, 0.1) is 5.92 Å². The van der Waals surface area contributed by atoms with Gasteiger partial charge in [0.15, 0.2) is 5.79 Å². The summed E-state index contributed by atoms with van der Waals surface area (Å²) in [7, 11) is 0. The maximum absolute atomic E-state index is 5.68. The van der Waals surface area contributed by atoms with Crippen LogP contribution in [0.2, 0.25) is 0 Å². The van der Waals surface area contributed by atoms with Crippen molar-refractivity contribution >= 4 is 0 Å². The summed E-state index contributed by atoms with van der Waals surface area (Å²) < 4.78 is 22.5. The van der Waals surface area contributed by atoms with Crippen LogP contribution >= 0.6 is 0 Å². The molecule has 0 bridgehead atoms. The minimum Gasteiger partial charge on any atom is -0.373 e. The molecule has 0 unspecified atom stereocenters. The van der Waals surface area contributed by atoms with Crippen molar-refractivity contribution < 1.29 is 18.9 Å². The Balaban J connectivity index is 1.74. The highest BCUT2D eigenvalue weighted by molar-refractivity contribution is 4.98. The van der Waals surface area contributed by atoms with Gasteiger partial charge in [-0.1, -0.05) is 0 Å². The fraction of sp³-hybridized carbons (Fsp3) is 1.00. The normalized spacial score (nSPS) is 50.1. The standard InChI is InChI=1S/C10H16O4/c1-10(2)12-3-6-7(5-13-10)11-4-8-9(6)14-8/h6-9H,3-5H2,1-2H3/t6-,7-,8+,9-/m1/s1. The molecule has 3 fully saturated rings. The van der Waals surface area contributed by atoms with Crippen molar-refractivity contribution in [2.45, 2.75) is 37.9 Å². The summed E-state index contributed by atoms with van der Waals surface area (Å²) in [5.74, 6) is -0.124. The first-order chi connectivity index (χ1) is 6.66. The smallest absolute Gasteiger partial charge is 0.162 e. The fourth-order valence-corrected chi connectivity index (χ4v) is 2.22. The van der Waals surface area contributed by atoms with Crippen LogP contribution < -0.4 is 0 Å². The van der Waals surface area contributed by atoms with Crippen molar-refractivity contribution in [1.82, 2.24) is 0 Å². The largest absolute Gasteiger partial charge is 0.373 e. The predicted molar refractivity (Wildman–Crippen MR) is 47.9 cm³/mol. The van der Waals surface area contributed by atoms with Gasteiger partial charge in [0, 0.05) is 5.92 Å². The molecule has 0 aromatic heterocycles. The highest BCUT2D eigenvalue weighted by atomic mass is 16.7. The Morgan fingerprint density at radius 2 is 1.79 bits per heavy atom. The van der Waals surface area contributed by atoms with Gasteiger partial charge < -0.3 is 18.9 Å². The second kappa shape index (κ2) is 2.92. The number of fused-ring (bicyclic) bond motifs is 3. The Kier molecular flexibility index (Phi) is 1.89. The van der Waals surface area contributed by atoms with E-state index < -0.39 is 5.79 Å². The van der Waals surface area contributed by atoms with E-state index in [1.807, 2.05) is 13.8 Å². The number of rotatable bonds is 0. The van der Waals surface area contributed by atoms with E-state index in [0.29, 0.717) is 31.3 Å². The average molecular weight is 200 g/mol. The maximum Gasteiger partial charge on any atom is 0.162 e. The number of ether oxygens (including phenoxy) is 4. The van der Waals surface area contributed by atoms with Gasteiger partial charge in [-0.2, -0.15) is 0 Å². The SMILES string of the molecule is CC1(C)OC[C@H]2[C@H]3O[C@H]3CO[C@@H]2CO1. The number of hydrogen-bond acceptors (Lipinski definition) is 4. The Morgan fingerprint density at radius 1 is 1.00 bits per heavy atom. The van der Waals surface area contributed by atoms with Crippen molar-refractivity contribution in [3.8, 4) is 0 Å². The molecule has 0 radical (unpaired) electrons. The second-order valence-electron chi connectivity index (χ2n) is 4.70.